The molecule has 29 heavy (non-hydrogen) atoms. The molecule has 1 aromatic heterocycles. The van der Waals surface area contributed by atoms with Crippen LogP contribution in [0, 0.1) is 35.3 Å². The SMILES string of the molecule is Cc1c(C#N)c(NC(=O)COc2ccccc2[N+](=O)[O-])n(-c2ccccc2)c1C. The fraction of sp³-hybridized carbons (Fsp3) is 0.143. The summed E-state index contributed by atoms with van der Waals surface area (Å²) in [5.74, 6) is -0.196. The lowest BCUT2D eigenvalue weighted by atomic mass is 10.2. The van der Waals surface area contributed by atoms with Gasteiger partial charge in [-0.15, -0.1) is 0 Å². The van der Waals surface area contributed by atoms with Gasteiger partial charge >= 0.3 is 5.69 Å². The molecular weight excluding hydrogens is 372 g/mol. The Balaban J connectivity index is 1.87. The minimum absolute atomic E-state index is 0.000963. The second-order valence-corrected chi connectivity index (χ2v) is 6.28. The van der Waals surface area contributed by atoms with Crippen molar-refractivity contribution >= 4 is 17.4 Å². The van der Waals surface area contributed by atoms with Gasteiger partial charge in [-0.2, -0.15) is 5.26 Å². The van der Waals surface area contributed by atoms with Crippen molar-refractivity contribution in [1.82, 2.24) is 4.57 Å². The summed E-state index contributed by atoms with van der Waals surface area (Å²) in [5.41, 5.74) is 2.50. The molecule has 1 N–H and O–H groups in total. The molecule has 0 aliphatic rings. The smallest absolute Gasteiger partial charge is 0.310 e. The number of hydrogen-bond acceptors (Lipinski definition) is 5. The largest absolute Gasteiger partial charge is 0.477 e. The van der Waals surface area contributed by atoms with Gasteiger partial charge < -0.3 is 10.1 Å². The first-order chi connectivity index (χ1) is 13.9. The molecule has 0 saturated heterocycles. The maximum absolute atomic E-state index is 12.5. The van der Waals surface area contributed by atoms with E-state index >= 15 is 0 Å². The summed E-state index contributed by atoms with van der Waals surface area (Å²) >= 11 is 0. The lowest BCUT2D eigenvalue weighted by Crippen LogP contribution is -2.22. The van der Waals surface area contributed by atoms with E-state index in [4.69, 9.17) is 4.74 Å². The van der Waals surface area contributed by atoms with Gasteiger partial charge in [0.2, 0.25) is 0 Å². The maximum atomic E-state index is 12.5. The molecule has 0 unspecified atom stereocenters. The minimum Gasteiger partial charge on any atom is -0.477 e. The van der Waals surface area contributed by atoms with Gasteiger partial charge in [0, 0.05) is 17.4 Å². The highest BCUT2D eigenvalue weighted by atomic mass is 16.6. The van der Waals surface area contributed by atoms with E-state index in [1.165, 1.54) is 18.2 Å². The summed E-state index contributed by atoms with van der Waals surface area (Å²) in [4.78, 5) is 23.0. The van der Waals surface area contributed by atoms with E-state index in [2.05, 4.69) is 11.4 Å². The second-order valence-electron chi connectivity index (χ2n) is 6.28. The first kappa shape index (κ1) is 19.6. The zero-order valence-electron chi connectivity index (χ0n) is 15.9. The number of ether oxygens (including phenoxy) is 1. The van der Waals surface area contributed by atoms with E-state index in [1.54, 1.807) is 10.6 Å². The predicted octanol–water partition coefficient (Wildman–Crippen LogP) is 3.89. The molecule has 0 aliphatic heterocycles. The van der Waals surface area contributed by atoms with Gasteiger partial charge in [0.15, 0.2) is 12.4 Å². The zero-order valence-corrected chi connectivity index (χ0v) is 15.9. The number of aromatic nitrogens is 1. The van der Waals surface area contributed by atoms with Gasteiger partial charge in [-0.05, 0) is 37.6 Å². The Hall–Kier alpha value is -4.12. The molecule has 0 bridgehead atoms. The van der Waals surface area contributed by atoms with Crippen molar-refractivity contribution in [2.24, 2.45) is 0 Å². The number of nitrogens with one attached hydrogen (secondary N) is 1. The van der Waals surface area contributed by atoms with Crippen LogP contribution in [0.25, 0.3) is 5.69 Å². The molecule has 3 aromatic rings. The molecule has 146 valence electrons. The highest BCUT2D eigenvalue weighted by molar-refractivity contribution is 5.93. The van der Waals surface area contributed by atoms with Gasteiger partial charge in [0.05, 0.1) is 10.5 Å². The highest BCUT2D eigenvalue weighted by Crippen LogP contribution is 2.30. The van der Waals surface area contributed by atoms with Crippen molar-refractivity contribution in [3.8, 4) is 17.5 Å². The fourth-order valence-corrected chi connectivity index (χ4v) is 3.00. The molecule has 0 radical (unpaired) electrons. The first-order valence-electron chi connectivity index (χ1n) is 8.77. The topological polar surface area (TPSA) is 110 Å². The fourth-order valence-electron chi connectivity index (χ4n) is 3.00. The van der Waals surface area contributed by atoms with E-state index in [-0.39, 0.29) is 11.4 Å². The average molecular weight is 390 g/mol. The second kappa shape index (κ2) is 8.27. The molecule has 1 amide bonds. The van der Waals surface area contributed by atoms with E-state index in [9.17, 15) is 20.2 Å². The van der Waals surface area contributed by atoms with Gasteiger partial charge in [-0.25, -0.2) is 0 Å². The molecule has 8 nitrogen and oxygen atoms in total. The Bertz CT molecular complexity index is 1110. The maximum Gasteiger partial charge on any atom is 0.310 e. The summed E-state index contributed by atoms with van der Waals surface area (Å²) < 4.78 is 7.13. The van der Waals surface area contributed by atoms with Crippen LogP contribution in [0.3, 0.4) is 0 Å². The molecule has 0 atom stereocenters. The third-order valence-electron chi connectivity index (χ3n) is 4.52. The predicted molar refractivity (Wildman–Crippen MR) is 107 cm³/mol. The number of rotatable bonds is 6. The molecular formula is C21H18N4O4. The van der Waals surface area contributed by atoms with Crippen molar-refractivity contribution in [3.05, 3.63) is 81.5 Å². The van der Waals surface area contributed by atoms with Crippen LogP contribution >= 0.6 is 0 Å². The van der Waals surface area contributed by atoms with E-state index in [1.807, 2.05) is 44.2 Å². The van der Waals surface area contributed by atoms with Gasteiger partial charge in [0.1, 0.15) is 11.9 Å². The quantitative estimate of drug-likeness (QED) is 0.507. The van der Waals surface area contributed by atoms with E-state index < -0.39 is 17.4 Å². The number of amides is 1. The normalized spacial score (nSPS) is 10.2. The highest BCUT2D eigenvalue weighted by Gasteiger charge is 2.21. The number of nitriles is 1. The van der Waals surface area contributed by atoms with Crippen molar-refractivity contribution in [2.45, 2.75) is 13.8 Å². The summed E-state index contributed by atoms with van der Waals surface area (Å²) in [6.45, 7) is 3.24. The molecule has 0 spiro atoms. The van der Waals surface area contributed by atoms with Gasteiger partial charge in [-0.1, -0.05) is 30.3 Å². The third-order valence-corrected chi connectivity index (χ3v) is 4.52. The summed E-state index contributed by atoms with van der Waals surface area (Å²) in [5, 5.41) is 23.4. The van der Waals surface area contributed by atoms with Crippen molar-refractivity contribution in [2.75, 3.05) is 11.9 Å². The van der Waals surface area contributed by atoms with Crippen LogP contribution in [0.15, 0.2) is 54.6 Å². The number of carbonyl (C=O) groups excluding carboxylic acids is 1. The van der Waals surface area contributed by atoms with Crippen molar-refractivity contribution in [1.29, 1.82) is 5.26 Å². The average Bonchev–Trinajstić information content (AvgIpc) is 2.96. The summed E-state index contributed by atoms with van der Waals surface area (Å²) in [7, 11) is 0. The molecule has 0 saturated carbocycles. The van der Waals surface area contributed by atoms with Gasteiger partial charge in [0.25, 0.3) is 5.91 Å². The standard InChI is InChI=1S/C21H18N4O4/c1-14-15(2)24(16-8-4-3-5-9-16)21(17(14)12-22)23-20(26)13-29-19-11-7-6-10-18(19)25(27)28/h3-11H,13H2,1-2H3,(H,23,26). The molecule has 0 fully saturated rings. The van der Waals surface area contributed by atoms with Crippen LogP contribution < -0.4 is 10.1 Å². The van der Waals surface area contributed by atoms with Gasteiger partial charge in [-0.3, -0.25) is 19.5 Å². The lowest BCUT2D eigenvalue weighted by Gasteiger charge is -2.13. The molecule has 0 aliphatic carbocycles. The monoisotopic (exact) mass is 390 g/mol. The number of carbonyl (C=O) groups is 1. The molecule has 2 aromatic carbocycles. The van der Waals surface area contributed by atoms with Crippen LogP contribution in [0.4, 0.5) is 11.5 Å². The molecule has 1 heterocycles. The van der Waals surface area contributed by atoms with Crippen LogP contribution in [0.1, 0.15) is 16.8 Å². The zero-order chi connectivity index (χ0) is 21.0. The minimum atomic E-state index is -0.575. The summed E-state index contributed by atoms with van der Waals surface area (Å²) in [6, 6.07) is 17.3. The number of para-hydroxylation sites is 3. The lowest BCUT2D eigenvalue weighted by molar-refractivity contribution is -0.385. The van der Waals surface area contributed by atoms with Crippen LogP contribution in [-0.2, 0) is 4.79 Å². The number of nitro benzene ring substituents is 1. The number of anilines is 1. The summed E-state index contributed by atoms with van der Waals surface area (Å²) in [6.07, 6.45) is 0. The molecule has 8 heteroatoms. The van der Waals surface area contributed by atoms with Crippen LogP contribution in [-0.4, -0.2) is 22.0 Å². The Morgan fingerprint density at radius 3 is 2.48 bits per heavy atom. The van der Waals surface area contributed by atoms with Crippen molar-refractivity contribution < 1.29 is 14.5 Å². The number of nitrogens with zero attached hydrogens (tertiary/aromatic N) is 3. The number of nitro groups is 1. The van der Waals surface area contributed by atoms with Crippen LogP contribution in [0.2, 0.25) is 0 Å². The van der Waals surface area contributed by atoms with E-state index in [0.29, 0.717) is 11.4 Å². The Labute approximate surface area is 167 Å². The third kappa shape index (κ3) is 3.94. The van der Waals surface area contributed by atoms with E-state index in [0.717, 1.165) is 16.9 Å². The Morgan fingerprint density at radius 2 is 1.83 bits per heavy atom. The van der Waals surface area contributed by atoms with Crippen molar-refractivity contribution in [3.63, 3.8) is 0 Å². The number of hydrogen-bond donors (Lipinski definition) is 1. The number of benzene rings is 2. The Kier molecular flexibility index (Phi) is 5.60. The first-order valence-corrected chi connectivity index (χ1v) is 8.77. The van der Waals surface area contributed by atoms with Crippen LogP contribution in [0.5, 0.6) is 5.75 Å². The molecule has 3 rings (SSSR count). The Morgan fingerprint density at radius 1 is 1.17 bits per heavy atom.